The Morgan fingerprint density at radius 3 is 1.95 bits per heavy atom. The van der Waals surface area contributed by atoms with E-state index in [-0.39, 0.29) is 12.6 Å². The maximum absolute atomic E-state index is 11.0. The minimum absolute atomic E-state index is 0.163. The molecule has 3 nitrogen and oxygen atoms in total. The fourth-order valence-electron chi connectivity index (χ4n) is 1.75. The summed E-state index contributed by atoms with van der Waals surface area (Å²) >= 11 is 0. The molecule has 0 aliphatic rings. The van der Waals surface area contributed by atoms with Crippen LogP contribution in [0, 0.1) is 0 Å². The predicted molar refractivity (Wildman–Crippen MR) is 84.0 cm³/mol. The number of carbonyl (C=O) groups excluding carboxylic acids is 1. The highest BCUT2D eigenvalue weighted by Crippen LogP contribution is 2.00. The van der Waals surface area contributed by atoms with Crippen LogP contribution >= 0.6 is 0 Å². The second-order valence-electron chi connectivity index (χ2n) is 4.43. The van der Waals surface area contributed by atoms with Crippen LogP contribution < -0.4 is 0 Å². The van der Waals surface area contributed by atoms with Gasteiger partial charge in [-0.05, 0) is 24.5 Å². The van der Waals surface area contributed by atoms with Crippen molar-refractivity contribution in [3.05, 3.63) is 71.8 Å². The fraction of sp³-hybridized carbons (Fsp3) is 0.278. The van der Waals surface area contributed by atoms with Crippen molar-refractivity contribution < 1.29 is 14.6 Å². The van der Waals surface area contributed by atoms with Crippen LogP contribution in [-0.4, -0.2) is 24.3 Å². The molecule has 112 valence electrons. The van der Waals surface area contributed by atoms with Gasteiger partial charge in [-0.3, -0.25) is 4.79 Å². The quantitative estimate of drug-likeness (QED) is 0.859. The molecule has 21 heavy (non-hydrogen) atoms. The molecule has 2 aromatic carbocycles. The second kappa shape index (κ2) is 10.6. The van der Waals surface area contributed by atoms with E-state index in [0.717, 1.165) is 12.0 Å². The van der Waals surface area contributed by atoms with E-state index < -0.39 is 0 Å². The van der Waals surface area contributed by atoms with Gasteiger partial charge in [0.15, 0.2) is 0 Å². The molecule has 3 heteroatoms. The summed E-state index contributed by atoms with van der Waals surface area (Å²) in [7, 11) is 0. The maximum atomic E-state index is 11.0. The average Bonchev–Trinajstić information content (AvgIpc) is 2.50. The summed E-state index contributed by atoms with van der Waals surface area (Å²) in [6, 6.07) is 19.5. The summed E-state index contributed by atoms with van der Waals surface area (Å²) in [5.41, 5.74) is 2.19. The lowest BCUT2D eigenvalue weighted by Gasteiger charge is -2.00. The minimum Gasteiger partial charge on any atom is -0.466 e. The summed E-state index contributed by atoms with van der Waals surface area (Å²) in [6.07, 6.45) is 1.13. The molecule has 2 rings (SSSR count). The van der Waals surface area contributed by atoms with E-state index >= 15 is 0 Å². The van der Waals surface area contributed by atoms with Crippen LogP contribution in [0.25, 0.3) is 0 Å². The standard InChI is InChI=1S/C10H12O2.C8H10O/c1-2-12-10(11)8-9-6-4-3-5-7-9;9-7-6-8-4-2-1-3-5-8/h3-7H,2,8H2,1H3;1-5,9H,6-7H2. The predicted octanol–water partition coefficient (Wildman–Crippen LogP) is 3.01. The van der Waals surface area contributed by atoms with Gasteiger partial charge in [-0.25, -0.2) is 0 Å². The van der Waals surface area contributed by atoms with Crippen molar-refractivity contribution in [2.45, 2.75) is 19.8 Å². The Labute approximate surface area is 126 Å². The van der Waals surface area contributed by atoms with E-state index in [0.29, 0.717) is 13.0 Å². The van der Waals surface area contributed by atoms with Gasteiger partial charge < -0.3 is 9.84 Å². The van der Waals surface area contributed by atoms with Crippen LogP contribution in [0.15, 0.2) is 60.7 Å². The van der Waals surface area contributed by atoms with Gasteiger partial charge in [0.05, 0.1) is 13.0 Å². The monoisotopic (exact) mass is 286 g/mol. The Hall–Kier alpha value is -2.13. The van der Waals surface area contributed by atoms with Gasteiger partial charge >= 0.3 is 5.97 Å². The third kappa shape index (κ3) is 7.90. The molecule has 0 saturated carbocycles. The Balaban J connectivity index is 0.000000219. The zero-order valence-corrected chi connectivity index (χ0v) is 12.4. The van der Waals surface area contributed by atoms with Gasteiger partial charge in [0.25, 0.3) is 0 Å². The normalized spacial score (nSPS) is 9.43. The highest BCUT2D eigenvalue weighted by Gasteiger charge is 2.01. The minimum atomic E-state index is -0.163. The maximum Gasteiger partial charge on any atom is 0.310 e. The van der Waals surface area contributed by atoms with Crippen molar-refractivity contribution in [1.82, 2.24) is 0 Å². The summed E-state index contributed by atoms with van der Waals surface area (Å²) in [4.78, 5) is 11.0. The molecule has 0 aliphatic carbocycles. The average molecular weight is 286 g/mol. The number of rotatable bonds is 5. The van der Waals surface area contributed by atoms with Crippen LogP contribution in [0.5, 0.6) is 0 Å². The first kappa shape index (κ1) is 16.9. The lowest BCUT2D eigenvalue weighted by atomic mass is 10.2. The molecular formula is C18H22O3. The molecule has 0 saturated heterocycles. The fourth-order valence-corrected chi connectivity index (χ4v) is 1.75. The Kier molecular flexibility index (Phi) is 8.57. The Morgan fingerprint density at radius 2 is 1.48 bits per heavy atom. The number of benzene rings is 2. The molecule has 1 N–H and O–H groups in total. The van der Waals surface area contributed by atoms with Crippen LogP contribution in [0.4, 0.5) is 0 Å². The van der Waals surface area contributed by atoms with E-state index in [1.807, 2.05) is 67.6 Å². The van der Waals surface area contributed by atoms with Crippen molar-refractivity contribution >= 4 is 5.97 Å². The van der Waals surface area contributed by atoms with Gasteiger partial charge in [0, 0.05) is 6.61 Å². The topological polar surface area (TPSA) is 46.5 Å². The molecule has 0 heterocycles. The van der Waals surface area contributed by atoms with E-state index in [4.69, 9.17) is 9.84 Å². The Bertz CT molecular complexity index is 494. The molecular weight excluding hydrogens is 264 g/mol. The summed E-state index contributed by atoms with van der Waals surface area (Å²) < 4.78 is 4.81. The zero-order valence-electron chi connectivity index (χ0n) is 12.4. The van der Waals surface area contributed by atoms with Crippen LogP contribution in [0.2, 0.25) is 0 Å². The number of hydrogen-bond acceptors (Lipinski definition) is 3. The highest BCUT2D eigenvalue weighted by molar-refractivity contribution is 5.72. The lowest BCUT2D eigenvalue weighted by Crippen LogP contribution is -2.06. The summed E-state index contributed by atoms with van der Waals surface area (Å²) in [6.45, 7) is 2.50. The first-order valence-electron chi connectivity index (χ1n) is 7.10. The number of aliphatic hydroxyl groups excluding tert-OH is 1. The first-order valence-corrected chi connectivity index (χ1v) is 7.10. The summed E-state index contributed by atoms with van der Waals surface area (Å²) in [5, 5.41) is 8.52. The van der Waals surface area contributed by atoms with Crippen molar-refractivity contribution in [1.29, 1.82) is 0 Å². The molecule has 2 aromatic rings. The van der Waals surface area contributed by atoms with Gasteiger partial charge in [-0.2, -0.15) is 0 Å². The van der Waals surface area contributed by atoms with Crippen molar-refractivity contribution in [3.8, 4) is 0 Å². The number of aliphatic hydroxyl groups is 1. The van der Waals surface area contributed by atoms with Gasteiger partial charge in [0.2, 0.25) is 0 Å². The van der Waals surface area contributed by atoms with Gasteiger partial charge in [0.1, 0.15) is 0 Å². The molecule has 0 atom stereocenters. The number of carbonyl (C=O) groups is 1. The molecule has 0 fully saturated rings. The first-order chi connectivity index (χ1) is 10.3. The third-order valence-corrected chi connectivity index (χ3v) is 2.74. The highest BCUT2D eigenvalue weighted by atomic mass is 16.5. The van der Waals surface area contributed by atoms with E-state index in [9.17, 15) is 4.79 Å². The van der Waals surface area contributed by atoms with E-state index in [1.54, 1.807) is 0 Å². The third-order valence-electron chi connectivity index (χ3n) is 2.74. The molecule has 0 aliphatic heterocycles. The molecule has 0 spiro atoms. The molecule has 0 radical (unpaired) electrons. The smallest absolute Gasteiger partial charge is 0.310 e. The lowest BCUT2D eigenvalue weighted by molar-refractivity contribution is -0.142. The number of ether oxygens (including phenoxy) is 1. The molecule has 0 amide bonds. The van der Waals surface area contributed by atoms with Crippen LogP contribution in [0.3, 0.4) is 0 Å². The SMILES string of the molecule is CCOC(=O)Cc1ccccc1.OCCc1ccccc1. The summed E-state index contributed by atoms with van der Waals surface area (Å²) in [5.74, 6) is -0.163. The molecule has 0 aromatic heterocycles. The van der Waals surface area contributed by atoms with Gasteiger partial charge in [-0.15, -0.1) is 0 Å². The van der Waals surface area contributed by atoms with Gasteiger partial charge in [-0.1, -0.05) is 60.7 Å². The molecule has 0 bridgehead atoms. The van der Waals surface area contributed by atoms with Crippen molar-refractivity contribution in [3.63, 3.8) is 0 Å². The molecule has 0 unspecified atom stereocenters. The Morgan fingerprint density at radius 1 is 0.952 bits per heavy atom. The van der Waals surface area contributed by atoms with Crippen LogP contribution in [0.1, 0.15) is 18.1 Å². The second-order valence-corrected chi connectivity index (χ2v) is 4.43. The van der Waals surface area contributed by atoms with E-state index in [1.165, 1.54) is 5.56 Å². The van der Waals surface area contributed by atoms with E-state index in [2.05, 4.69) is 0 Å². The van der Waals surface area contributed by atoms with Crippen molar-refractivity contribution in [2.24, 2.45) is 0 Å². The number of esters is 1. The number of hydrogen-bond donors (Lipinski definition) is 1. The zero-order chi connectivity index (χ0) is 15.3. The largest absolute Gasteiger partial charge is 0.466 e. The van der Waals surface area contributed by atoms with Crippen molar-refractivity contribution in [2.75, 3.05) is 13.2 Å². The van der Waals surface area contributed by atoms with Crippen LogP contribution in [-0.2, 0) is 22.4 Å².